The first-order chi connectivity index (χ1) is 7.44. The van der Waals surface area contributed by atoms with E-state index in [4.69, 9.17) is 5.73 Å². The van der Waals surface area contributed by atoms with E-state index < -0.39 is 6.36 Å². The van der Waals surface area contributed by atoms with Crippen LogP contribution in [-0.2, 0) is 0 Å². The van der Waals surface area contributed by atoms with Crippen LogP contribution in [0.15, 0.2) is 36.4 Å². The topological polar surface area (TPSA) is 35.2 Å². The fourth-order valence-electron chi connectivity index (χ4n) is 1.44. The van der Waals surface area contributed by atoms with Crippen molar-refractivity contribution in [1.82, 2.24) is 0 Å². The Balaban J connectivity index is 2.43. The Hall–Kier alpha value is -1.91. The Labute approximate surface area is 89.4 Å². The average molecular weight is 227 g/mol. The minimum Gasteiger partial charge on any atom is -0.406 e. The Morgan fingerprint density at radius 2 is 1.62 bits per heavy atom. The van der Waals surface area contributed by atoms with Gasteiger partial charge in [0, 0.05) is 5.69 Å². The molecule has 2 aromatic rings. The third-order valence-corrected chi connectivity index (χ3v) is 2.07. The second kappa shape index (κ2) is 3.59. The number of fused-ring (bicyclic) bond motifs is 1. The summed E-state index contributed by atoms with van der Waals surface area (Å²) in [5, 5.41) is 1.42. The lowest BCUT2D eigenvalue weighted by Gasteiger charge is -2.09. The van der Waals surface area contributed by atoms with Crippen LogP contribution in [0.2, 0.25) is 0 Å². The molecule has 16 heavy (non-hydrogen) atoms. The highest BCUT2D eigenvalue weighted by molar-refractivity contribution is 5.86. The van der Waals surface area contributed by atoms with Gasteiger partial charge in [-0.1, -0.05) is 12.1 Å². The van der Waals surface area contributed by atoms with Gasteiger partial charge in [0.25, 0.3) is 0 Å². The maximum atomic E-state index is 12.0. The number of benzene rings is 2. The Bertz CT molecular complexity index is 522. The Kier molecular flexibility index (Phi) is 2.38. The standard InChI is InChI=1S/C11H8F3NO/c12-11(13,14)16-10-4-2-7-1-3-9(15)5-8(7)6-10/h1-6H,15H2. The van der Waals surface area contributed by atoms with Gasteiger partial charge >= 0.3 is 6.36 Å². The van der Waals surface area contributed by atoms with Gasteiger partial charge in [-0.15, -0.1) is 13.2 Å². The summed E-state index contributed by atoms with van der Waals surface area (Å²) in [5.41, 5.74) is 6.04. The van der Waals surface area contributed by atoms with Crippen LogP contribution in [0.4, 0.5) is 18.9 Å². The van der Waals surface area contributed by atoms with Gasteiger partial charge in [0.1, 0.15) is 5.75 Å². The number of nitrogen functional groups attached to an aromatic ring is 1. The van der Waals surface area contributed by atoms with Crippen molar-refractivity contribution in [3.63, 3.8) is 0 Å². The SMILES string of the molecule is Nc1ccc2ccc(OC(F)(F)F)cc2c1. The maximum Gasteiger partial charge on any atom is 0.573 e. The summed E-state index contributed by atoms with van der Waals surface area (Å²) in [6, 6.07) is 9.15. The molecule has 0 bridgehead atoms. The molecule has 0 heterocycles. The zero-order valence-electron chi connectivity index (χ0n) is 8.08. The highest BCUT2D eigenvalue weighted by Gasteiger charge is 2.31. The van der Waals surface area contributed by atoms with Gasteiger partial charge in [0.05, 0.1) is 0 Å². The predicted molar refractivity (Wildman–Crippen MR) is 55.0 cm³/mol. The number of rotatable bonds is 1. The molecule has 0 aliphatic carbocycles. The highest BCUT2D eigenvalue weighted by atomic mass is 19.4. The molecular weight excluding hydrogens is 219 g/mol. The van der Waals surface area contributed by atoms with Gasteiger partial charge in [-0.2, -0.15) is 0 Å². The van der Waals surface area contributed by atoms with Crippen molar-refractivity contribution in [1.29, 1.82) is 0 Å². The molecule has 2 nitrogen and oxygen atoms in total. The molecule has 0 unspecified atom stereocenters. The fraction of sp³-hybridized carbons (Fsp3) is 0.0909. The summed E-state index contributed by atoms with van der Waals surface area (Å²) in [7, 11) is 0. The van der Waals surface area contributed by atoms with E-state index in [-0.39, 0.29) is 5.75 Å². The van der Waals surface area contributed by atoms with E-state index in [1.54, 1.807) is 24.3 Å². The quantitative estimate of drug-likeness (QED) is 0.758. The summed E-state index contributed by atoms with van der Waals surface area (Å²) in [6.45, 7) is 0. The van der Waals surface area contributed by atoms with Crippen LogP contribution >= 0.6 is 0 Å². The zero-order valence-corrected chi connectivity index (χ0v) is 8.08. The van der Waals surface area contributed by atoms with Crippen LogP contribution in [0.5, 0.6) is 5.75 Å². The van der Waals surface area contributed by atoms with E-state index >= 15 is 0 Å². The molecular formula is C11H8F3NO. The average Bonchev–Trinajstić information content (AvgIpc) is 2.14. The number of hydrogen-bond acceptors (Lipinski definition) is 2. The van der Waals surface area contributed by atoms with Crippen LogP contribution in [0, 0.1) is 0 Å². The molecule has 0 fully saturated rings. The van der Waals surface area contributed by atoms with Crippen molar-refractivity contribution in [2.45, 2.75) is 6.36 Å². The Morgan fingerprint density at radius 3 is 2.31 bits per heavy atom. The molecule has 0 aliphatic rings. The monoisotopic (exact) mass is 227 g/mol. The maximum absolute atomic E-state index is 12.0. The first kappa shape index (κ1) is 10.6. The molecule has 0 amide bonds. The first-order valence-corrected chi connectivity index (χ1v) is 4.49. The number of halogens is 3. The number of nitrogens with two attached hydrogens (primary N) is 1. The van der Waals surface area contributed by atoms with Gasteiger partial charge in [-0.05, 0) is 35.0 Å². The summed E-state index contributed by atoms with van der Waals surface area (Å²) >= 11 is 0. The molecule has 0 spiro atoms. The first-order valence-electron chi connectivity index (χ1n) is 4.49. The molecule has 2 N–H and O–H groups in total. The lowest BCUT2D eigenvalue weighted by Crippen LogP contribution is -2.16. The van der Waals surface area contributed by atoms with Gasteiger partial charge in [-0.3, -0.25) is 0 Å². The van der Waals surface area contributed by atoms with Crippen molar-refractivity contribution in [3.05, 3.63) is 36.4 Å². The largest absolute Gasteiger partial charge is 0.573 e. The molecule has 0 saturated carbocycles. The number of anilines is 1. The van der Waals surface area contributed by atoms with Crippen LogP contribution in [0.25, 0.3) is 10.8 Å². The minimum atomic E-state index is -4.67. The van der Waals surface area contributed by atoms with Gasteiger partial charge in [0.2, 0.25) is 0 Å². The molecule has 0 saturated heterocycles. The van der Waals surface area contributed by atoms with Crippen molar-refractivity contribution in [2.75, 3.05) is 5.73 Å². The van der Waals surface area contributed by atoms with E-state index in [1.807, 2.05) is 0 Å². The highest BCUT2D eigenvalue weighted by Crippen LogP contribution is 2.27. The van der Waals surface area contributed by atoms with E-state index in [2.05, 4.69) is 4.74 Å². The molecule has 2 aromatic carbocycles. The third kappa shape index (κ3) is 2.36. The third-order valence-electron chi connectivity index (χ3n) is 2.07. The predicted octanol–water partition coefficient (Wildman–Crippen LogP) is 3.32. The summed E-state index contributed by atoms with van der Waals surface area (Å²) in [6.07, 6.45) is -4.67. The van der Waals surface area contributed by atoms with Gasteiger partial charge < -0.3 is 10.5 Å². The van der Waals surface area contributed by atoms with Crippen LogP contribution in [0.3, 0.4) is 0 Å². The van der Waals surface area contributed by atoms with Crippen LogP contribution in [-0.4, -0.2) is 6.36 Å². The second-order valence-corrected chi connectivity index (χ2v) is 3.32. The van der Waals surface area contributed by atoms with E-state index in [0.717, 1.165) is 5.39 Å². The van der Waals surface area contributed by atoms with Crippen LogP contribution in [0.1, 0.15) is 0 Å². The van der Waals surface area contributed by atoms with E-state index in [0.29, 0.717) is 11.1 Å². The number of hydrogen-bond donors (Lipinski definition) is 1. The van der Waals surface area contributed by atoms with E-state index in [9.17, 15) is 13.2 Å². The van der Waals surface area contributed by atoms with Gasteiger partial charge in [-0.25, -0.2) is 0 Å². The van der Waals surface area contributed by atoms with Gasteiger partial charge in [0.15, 0.2) is 0 Å². The molecule has 84 valence electrons. The summed E-state index contributed by atoms with van der Waals surface area (Å²) in [4.78, 5) is 0. The lowest BCUT2D eigenvalue weighted by molar-refractivity contribution is -0.274. The summed E-state index contributed by atoms with van der Waals surface area (Å²) < 4.78 is 39.7. The molecule has 0 aliphatic heterocycles. The molecule has 0 aromatic heterocycles. The Morgan fingerprint density at radius 1 is 0.938 bits per heavy atom. The van der Waals surface area contributed by atoms with E-state index in [1.165, 1.54) is 12.1 Å². The molecule has 2 rings (SSSR count). The van der Waals surface area contributed by atoms with Crippen molar-refractivity contribution < 1.29 is 17.9 Å². The lowest BCUT2D eigenvalue weighted by atomic mass is 10.1. The smallest absolute Gasteiger partial charge is 0.406 e. The second-order valence-electron chi connectivity index (χ2n) is 3.32. The van der Waals surface area contributed by atoms with Crippen molar-refractivity contribution in [3.8, 4) is 5.75 Å². The number of ether oxygens (including phenoxy) is 1. The van der Waals surface area contributed by atoms with Crippen molar-refractivity contribution in [2.24, 2.45) is 0 Å². The van der Waals surface area contributed by atoms with Crippen LogP contribution < -0.4 is 10.5 Å². The number of alkyl halides is 3. The molecule has 0 radical (unpaired) electrons. The zero-order chi connectivity index (χ0) is 11.8. The molecule has 0 atom stereocenters. The molecule has 5 heteroatoms. The summed E-state index contributed by atoms with van der Waals surface area (Å²) in [5.74, 6) is -0.245. The fourth-order valence-corrected chi connectivity index (χ4v) is 1.44. The van der Waals surface area contributed by atoms with Crippen molar-refractivity contribution >= 4 is 16.5 Å². The normalized spacial score (nSPS) is 11.7. The minimum absolute atomic E-state index is 0.245.